The van der Waals surface area contributed by atoms with Crippen molar-refractivity contribution in [3.05, 3.63) is 83.7 Å². The van der Waals surface area contributed by atoms with Crippen LogP contribution in [0.25, 0.3) is 11.1 Å². The number of hydrogen-bond acceptors (Lipinski definition) is 3. The van der Waals surface area contributed by atoms with Crippen LogP contribution in [-0.4, -0.2) is 40.4 Å². The van der Waals surface area contributed by atoms with Crippen molar-refractivity contribution in [1.29, 1.82) is 0 Å². The fourth-order valence-corrected chi connectivity index (χ4v) is 4.70. The second-order valence-electron chi connectivity index (χ2n) is 10.8. The van der Waals surface area contributed by atoms with Gasteiger partial charge in [0.05, 0.1) is 12.1 Å². The number of hydrogen-bond donors (Lipinski definition) is 2. The second-order valence-corrected chi connectivity index (χ2v) is 10.8. The predicted octanol–water partition coefficient (Wildman–Crippen LogP) is 5.27. The highest BCUT2D eigenvalue weighted by Gasteiger charge is 2.36. The van der Waals surface area contributed by atoms with Gasteiger partial charge in [0.2, 0.25) is 11.8 Å². The van der Waals surface area contributed by atoms with E-state index >= 15 is 0 Å². The Kier molecular flexibility index (Phi) is 9.44. The van der Waals surface area contributed by atoms with Crippen LogP contribution in [0.4, 0.5) is 8.78 Å². The van der Waals surface area contributed by atoms with E-state index in [0.717, 1.165) is 23.4 Å². The number of rotatable bonds is 10. The van der Waals surface area contributed by atoms with Gasteiger partial charge in [-0.3, -0.25) is 9.59 Å². The van der Waals surface area contributed by atoms with E-state index in [0.29, 0.717) is 31.6 Å². The SMILES string of the molecule is CC(=O)N(CCCNC(=O)[C@H](C)N)[C@@H](c1cc(-c2cc(F)ccc2F)cn1Cc1ccccc1)C(C)(C)C. The van der Waals surface area contributed by atoms with E-state index in [2.05, 4.69) is 5.32 Å². The Bertz CT molecular complexity index is 1250. The summed E-state index contributed by atoms with van der Waals surface area (Å²) in [5.41, 5.74) is 7.79. The molecule has 6 nitrogen and oxygen atoms in total. The van der Waals surface area contributed by atoms with Crippen molar-refractivity contribution >= 4 is 11.8 Å². The predicted molar refractivity (Wildman–Crippen MR) is 146 cm³/mol. The summed E-state index contributed by atoms with van der Waals surface area (Å²) in [4.78, 5) is 26.6. The van der Waals surface area contributed by atoms with Gasteiger partial charge in [-0.25, -0.2) is 8.78 Å². The molecule has 1 aromatic heterocycles. The summed E-state index contributed by atoms with van der Waals surface area (Å²) in [6, 6.07) is 14.1. The largest absolute Gasteiger partial charge is 0.355 e. The number of carbonyl (C=O) groups excluding carboxylic acids is 2. The minimum atomic E-state index is -0.607. The summed E-state index contributed by atoms with van der Waals surface area (Å²) < 4.78 is 30.9. The fraction of sp³-hybridized carbons (Fsp3) is 0.400. The summed E-state index contributed by atoms with van der Waals surface area (Å²) >= 11 is 0. The number of carbonyl (C=O) groups is 2. The van der Waals surface area contributed by atoms with Gasteiger partial charge in [-0.05, 0) is 48.6 Å². The average Bonchev–Trinajstić information content (AvgIpc) is 3.24. The summed E-state index contributed by atoms with van der Waals surface area (Å²) in [7, 11) is 0. The molecule has 0 radical (unpaired) electrons. The fourth-order valence-electron chi connectivity index (χ4n) is 4.70. The van der Waals surface area contributed by atoms with Crippen LogP contribution >= 0.6 is 0 Å². The lowest BCUT2D eigenvalue weighted by atomic mass is 9.83. The van der Waals surface area contributed by atoms with E-state index in [1.165, 1.54) is 13.0 Å². The van der Waals surface area contributed by atoms with Crippen LogP contribution in [0.3, 0.4) is 0 Å². The van der Waals surface area contributed by atoms with Gasteiger partial charge in [0.25, 0.3) is 0 Å². The summed E-state index contributed by atoms with van der Waals surface area (Å²) in [6.45, 7) is 10.6. The van der Waals surface area contributed by atoms with Crippen LogP contribution in [0.2, 0.25) is 0 Å². The van der Waals surface area contributed by atoms with Gasteiger partial charge in [-0.15, -0.1) is 0 Å². The van der Waals surface area contributed by atoms with E-state index in [9.17, 15) is 18.4 Å². The van der Waals surface area contributed by atoms with Crippen LogP contribution in [0.5, 0.6) is 0 Å². The normalized spacial score (nSPS) is 13.2. The first kappa shape index (κ1) is 29.0. The third kappa shape index (κ3) is 7.28. The minimum absolute atomic E-state index is 0.116. The minimum Gasteiger partial charge on any atom is -0.355 e. The molecule has 0 fully saturated rings. The molecule has 3 N–H and O–H groups in total. The molecule has 0 aliphatic rings. The Morgan fingerprint density at radius 3 is 2.37 bits per heavy atom. The molecule has 0 aliphatic carbocycles. The first-order valence-corrected chi connectivity index (χ1v) is 12.9. The van der Waals surface area contributed by atoms with Gasteiger partial charge in [-0.1, -0.05) is 51.1 Å². The van der Waals surface area contributed by atoms with Gasteiger partial charge < -0.3 is 20.5 Å². The molecule has 1 heterocycles. The Balaban J connectivity index is 2.05. The molecule has 2 amide bonds. The smallest absolute Gasteiger partial charge is 0.236 e. The Morgan fingerprint density at radius 2 is 1.76 bits per heavy atom. The van der Waals surface area contributed by atoms with Gasteiger partial charge >= 0.3 is 0 Å². The lowest BCUT2D eigenvalue weighted by Gasteiger charge is -2.40. The molecule has 3 aromatic rings. The zero-order valence-electron chi connectivity index (χ0n) is 22.8. The van der Waals surface area contributed by atoms with Crippen LogP contribution in [0.1, 0.15) is 58.3 Å². The molecule has 3 rings (SSSR count). The van der Waals surface area contributed by atoms with Gasteiger partial charge in [0.15, 0.2) is 0 Å². The van der Waals surface area contributed by atoms with Crippen molar-refractivity contribution in [2.24, 2.45) is 11.1 Å². The van der Waals surface area contributed by atoms with Crippen molar-refractivity contribution < 1.29 is 18.4 Å². The highest BCUT2D eigenvalue weighted by molar-refractivity contribution is 5.80. The van der Waals surface area contributed by atoms with E-state index in [1.807, 2.05) is 67.9 Å². The molecule has 38 heavy (non-hydrogen) atoms. The number of nitrogens with one attached hydrogen (secondary N) is 1. The molecule has 0 spiro atoms. The highest BCUT2D eigenvalue weighted by Crippen LogP contribution is 2.41. The molecule has 0 unspecified atom stereocenters. The van der Waals surface area contributed by atoms with Crippen LogP contribution in [0.15, 0.2) is 60.8 Å². The second kappa shape index (κ2) is 12.3. The number of halogens is 2. The molecule has 2 atom stereocenters. The zero-order valence-corrected chi connectivity index (χ0v) is 22.8. The molecule has 0 aliphatic heterocycles. The molecular weight excluding hydrogens is 486 g/mol. The van der Waals surface area contributed by atoms with Crippen LogP contribution < -0.4 is 11.1 Å². The number of nitrogens with zero attached hydrogens (tertiary/aromatic N) is 2. The number of aromatic nitrogens is 1. The number of benzene rings is 2. The number of amides is 2. The molecule has 8 heteroatoms. The van der Waals surface area contributed by atoms with E-state index in [-0.39, 0.29) is 23.4 Å². The van der Waals surface area contributed by atoms with E-state index < -0.39 is 23.1 Å². The Hall–Kier alpha value is -3.52. The Morgan fingerprint density at radius 1 is 1.08 bits per heavy atom. The quantitative estimate of drug-likeness (QED) is 0.355. The monoisotopic (exact) mass is 524 g/mol. The van der Waals surface area contributed by atoms with Crippen LogP contribution in [0, 0.1) is 17.0 Å². The maximum Gasteiger partial charge on any atom is 0.236 e. The van der Waals surface area contributed by atoms with Crippen molar-refractivity contribution in [2.45, 2.75) is 59.7 Å². The van der Waals surface area contributed by atoms with Gasteiger partial charge in [-0.2, -0.15) is 0 Å². The average molecular weight is 525 g/mol. The standard InChI is InChI=1S/C30H38F2N4O2/c1-20(33)29(38)34-14-9-15-36(21(2)37)28(30(3,4)5)27-16-23(25-17-24(31)12-13-26(25)32)19-35(27)18-22-10-7-6-8-11-22/h6-8,10-13,16-17,19-20,28H,9,14-15,18,33H2,1-5H3,(H,34,38)/t20-,28-/m0/s1. The van der Waals surface area contributed by atoms with E-state index in [4.69, 9.17) is 5.73 Å². The Labute approximate surface area is 223 Å². The van der Waals surface area contributed by atoms with Crippen molar-refractivity contribution in [2.75, 3.05) is 13.1 Å². The molecule has 0 saturated carbocycles. The van der Waals surface area contributed by atoms with Gasteiger partial charge in [0, 0.05) is 49.6 Å². The summed E-state index contributed by atoms with van der Waals surface area (Å²) in [5, 5.41) is 2.79. The molecular formula is C30H38F2N4O2. The van der Waals surface area contributed by atoms with E-state index in [1.54, 1.807) is 11.8 Å². The molecule has 0 bridgehead atoms. The first-order chi connectivity index (χ1) is 17.9. The number of nitrogens with two attached hydrogens (primary N) is 1. The zero-order chi connectivity index (χ0) is 28.0. The van der Waals surface area contributed by atoms with Crippen molar-refractivity contribution in [3.63, 3.8) is 0 Å². The lowest BCUT2D eigenvalue weighted by molar-refractivity contribution is -0.134. The third-order valence-electron chi connectivity index (χ3n) is 6.47. The maximum absolute atomic E-state index is 14.8. The molecule has 2 aromatic carbocycles. The third-order valence-corrected chi connectivity index (χ3v) is 6.47. The highest BCUT2D eigenvalue weighted by atomic mass is 19.1. The topological polar surface area (TPSA) is 80.4 Å². The van der Waals surface area contributed by atoms with Crippen molar-refractivity contribution in [3.8, 4) is 11.1 Å². The lowest BCUT2D eigenvalue weighted by Crippen LogP contribution is -2.43. The van der Waals surface area contributed by atoms with Crippen LogP contribution in [-0.2, 0) is 16.1 Å². The molecule has 204 valence electrons. The van der Waals surface area contributed by atoms with Gasteiger partial charge in [0.1, 0.15) is 11.6 Å². The summed E-state index contributed by atoms with van der Waals surface area (Å²) in [5.74, 6) is -1.40. The first-order valence-electron chi connectivity index (χ1n) is 12.9. The molecule has 0 saturated heterocycles. The summed E-state index contributed by atoms with van der Waals surface area (Å²) in [6.07, 6.45) is 2.36. The maximum atomic E-state index is 14.8. The van der Waals surface area contributed by atoms with Crippen molar-refractivity contribution in [1.82, 2.24) is 14.8 Å².